The minimum Gasteiger partial charge on any atom is -0.483 e. The van der Waals surface area contributed by atoms with Crippen LogP contribution in [0.1, 0.15) is 11.1 Å². The van der Waals surface area contributed by atoms with E-state index in [0.29, 0.717) is 22.0 Å². The van der Waals surface area contributed by atoms with Gasteiger partial charge in [0.1, 0.15) is 11.8 Å². The Labute approximate surface area is 127 Å². The van der Waals surface area contributed by atoms with E-state index < -0.39 is 0 Å². The number of nitriles is 1. The Morgan fingerprint density at radius 3 is 2.76 bits per heavy atom. The average Bonchev–Trinajstić information content (AvgIpc) is 2.46. The fourth-order valence-corrected chi connectivity index (χ4v) is 1.97. The summed E-state index contributed by atoms with van der Waals surface area (Å²) < 4.78 is 5.45. The van der Waals surface area contributed by atoms with Crippen molar-refractivity contribution in [1.29, 1.82) is 5.26 Å². The second kappa shape index (κ2) is 6.78. The van der Waals surface area contributed by atoms with Crippen LogP contribution >= 0.6 is 11.6 Å². The Balaban J connectivity index is 1.95. The van der Waals surface area contributed by atoms with Crippen LogP contribution in [0.2, 0.25) is 5.02 Å². The van der Waals surface area contributed by atoms with Gasteiger partial charge in [-0.05, 0) is 36.8 Å². The summed E-state index contributed by atoms with van der Waals surface area (Å²) in [5.74, 6) is 0.379. The Morgan fingerprint density at radius 1 is 1.33 bits per heavy atom. The SMILES string of the molecule is Cc1ccccc1OCC(=O)Nc1ccc(C#N)c(Cl)c1. The third-order valence-electron chi connectivity index (χ3n) is 2.83. The first-order valence-corrected chi connectivity index (χ1v) is 6.66. The number of halogens is 1. The Hall–Kier alpha value is -2.51. The maximum atomic E-state index is 11.8. The average molecular weight is 301 g/mol. The van der Waals surface area contributed by atoms with Crippen LogP contribution in [0.3, 0.4) is 0 Å². The molecule has 21 heavy (non-hydrogen) atoms. The third kappa shape index (κ3) is 3.98. The van der Waals surface area contributed by atoms with Crippen LogP contribution < -0.4 is 10.1 Å². The fourth-order valence-electron chi connectivity index (χ4n) is 1.74. The highest BCUT2D eigenvalue weighted by atomic mass is 35.5. The summed E-state index contributed by atoms with van der Waals surface area (Å²) in [7, 11) is 0. The van der Waals surface area contributed by atoms with E-state index >= 15 is 0 Å². The molecule has 0 unspecified atom stereocenters. The van der Waals surface area contributed by atoms with Crippen LogP contribution in [0, 0.1) is 18.3 Å². The maximum Gasteiger partial charge on any atom is 0.262 e. The number of carbonyl (C=O) groups is 1. The van der Waals surface area contributed by atoms with Crippen molar-refractivity contribution in [3.05, 3.63) is 58.6 Å². The maximum absolute atomic E-state index is 11.8. The highest BCUT2D eigenvalue weighted by molar-refractivity contribution is 6.32. The normalized spacial score (nSPS) is 9.76. The Bertz CT molecular complexity index is 708. The molecule has 0 heterocycles. The van der Waals surface area contributed by atoms with Crippen molar-refractivity contribution in [2.45, 2.75) is 6.92 Å². The molecule has 0 aliphatic carbocycles. The molecular formula is C16H13ClN2O2. The number of hydrogen-bond donors (Lipinski definition) is 1. The van der Waals surface area contributed by atoms with Crippen molar-refractivity contribution in [1.82, 2.24) is 0 Å². The molecule has 4 nitrogen and oxygen atoms in total. The van der Waals surface area contributed by atoms with E-state index in [-0.39, 0.29) is 12.5 Å². The molecule has 0 aromatic heterocycles. The number of carbonyl (C=O) groups excluding carboxylic acids is 1. The number of benzene rings is 2. The molecule has 1 N–H and O–H groups in total. The molecule has 2 aromatic carbocycles. The smallest absolute Gasteiger partial charge is 0.262 e. The molecule has 0 aliphatic rings. The van der Waals surface area contributed by atoms with Gasteiger partial charge in [0, 0.05) is 5.69 Å². The molecule has 0 spiro atoms. The molecule has 0 bridgehead atoms. The largest absolute Gasteiger partial charge is 0.483 e. The highest BCUT2D eigenvalue weighted by Gasteiger charge is 2.07. The summed E-state index contributed by atoms with van der Waals surface area (Å²) in [4.78, 5) is 11.8. The molecule has 0 atom stereocenters. The summed E-state index contributed by atoms with van der Waals surface area (Å²) in [5.41, 5.74) is 1.86. The van der Waals surface area contributed by atoms with Crippen LogP contribution in [0.5, 0.6) is 5.75 Å². The van der Waals surface area contributed by atoms with Gasteiger partial charge in [0.05, 0.1) is 10.6 Å². The monoisotopic (exact) mass is 300 g/mol. The summed E-state index contributed by atoms with van der Waals surface area (Å²) in [6.45, 7) is 1.82. The second-order valence-corrected chi connectivity index (χ2v) is 4.82. The van der Waals surface area contributed by atoms with E-state index in [0.717, 1.165) is 5.56 Å². The number of ether oxygens (including phenoxy) is 1. The molecular weight excluding hydrogens is 288 g/mol. The molecule has 2 rings (SSSR count). The van der Waals surface area contributed by atoms with Crippen LogP contribution in [-0.2, 0) is 4.79 Å². The summed E-state index contributed by atoms with van der Waals surface area (Å²) >= 11 is 5.90. The van der Waals surface area contributed by atoms with Gasteiger partial charge < -0.3 is 10.1 Å². The molecule has 2 aromatic rings. The number of anilines is 1. The van der Waals surface area contributed by atoms with Crippen molar-refractivity contribution in [3.63, 3.8) is 0 Å². The lowest BCUT2D eigenvalue weighted by atomic mass is 10.2. The standard InChI is InChI=1S/C16H13ClN2O2/c1-11-4-2-3-5-15(11)21-10-16(20)19-13-7-6-12(9-18)14(17)8-13/h2-8H,10H2,1H3,(H,19,20). The minimum absolute atomic E-state index is 0.0948. The van der Waals surface area contributed by atoms with Crippen LogP contribution in [0.4, 0.5) is 5.69 Å². The van der Waals surface area contributed by atoms with E-state index in [1.165, 1.54) is 6.07 Å². The summed E-state index contributed by atoms with van der Waals surface area (Å²) in [5, 5.41) is 11.8. The van der Waals surface area contributed by atoms with E-state index in [2.05, 4.69) is 5.32 Å². The van der Waals surface area contributed by atoms with Gasteiger partial charge in [0.25, 0.3) is 5.91 Å². The number of nitrogens with zero attached hydrogens (tertiary/aromatic N) is 1. The molecule has 106 valence electrons. The predicted octanol–water partition coefficient (Wildman–Crippen LogP) is 3.54. The first-order valence-electron chi connectivity index (χ1n) is 6.28. The van der Waals surface area contributed by atoms with Gasteiger partial charge in [-0.25, -0.2) is 0 Å². The first kappa shape index (κ1) is 14.9. The van der Waals surface area contributed by atoms with Gasteiger partial charge in [-0.3, -0.25) is 4.79 Å². The van der Waals surface area contributed by atoms with Gasteiger partial charge in [-0.1, -0.05) is 29.8 Å². The third-order valence-corrected chi connectivity index (χ3v) is 3.14. The molecule has 0 saturated carbocycles. The lowest BCUT2D eigenvalue weighted by molar-refractivity contribution is -0.118. The second-order valence-electron chi connectivity index (χ2n) is 4.41. The van der Waals surface area contributed by atoms with Crippen molar-refractivity contribution in [2.24, 2.45) is 0 Å². The number of hydrogen-bond acceptors (Lipinski definition) is 3. The zero-order valence-corrected chi connectivity index (χ0v) is 12.1. The molecule has 0 aliphatic heterocycles. The quantitative estimate of drug-likeness (QED) is 0.939. The van der Waals surface area contributed by atoms with Gasteiger partial charge >= 0.3 is 0 Å². The molecule has 5 heteroatoms. The van der Waals surface area contributed by atoms with Gasteiger partial charge in [0.15, 0.2) is 6.61 Å². The van der Waals surface area contributed by atoms with Gasteiger partial charge in [0.2, 0.25) is 0 Å². The molecule has 0 saturated heterocycles. The molecule has 1 amide bonds. The van der Waals surface area contributed by atoms with Crippen LogP contribution in [-0.4, -0.2) is 12.5 Å². The van der Waals surface area contributed by atoms with Crippen molar-refractivity contribution in [3.8, 4) is 11.8 Å². The zero-order chi connectivity index (χ0) is 15.2. The van der Waals surface area contributed by atoms with Crippen molar-refractivity contribution >= 4 is 23.2 Å². The van der Waals surface area contributed by atoms with Gasteiger partial charge in [-0.2, -0.15) is 5.26 Å². The highest BCUT2D eigenvalue weighted by Crippen LogP contribution is 2.20. The van der Waals surface area contributed by atoms with Crippen molar-refractivity contribution < 1.29 is 9.53 Å². The topological polar surface area (TPSA) is 62.1 Å². The number of nitrogens with one attached hydrogen (secondary N) is 1. The number of aryl methyl sites for hydroxylation is 1. The first-order chi connectivity index (χ1) is 10.1. The zero-order valence-electron chi connectivity index (χ0n) is 11.4. The number of para-hydroxylation sites is 1. The molecule has 0 fully saturated rings. The lowest BCUT2D eigenvalue weighted by Gasteiger charge is -2.09. The van der Waals surface area contributed by atoms with E-state index in [9.17, 15) is 4.79 Å². The van der Waals surface area contributed by atoms with E-state index in [1.54, 1.807) is 18.2 Å². The van der Waals surface area contributed by atoms with Crippen LogP contribution in [0.25, 0.3) is 0 Å². The molecule has 0 radical (unpaired) electrons. The Kier molecular flexibility index (Phi) is 4.81. The van der Waals surface area contributed by atoms with Crippen LogP contribution in [0.15, 0.2) is 42.5 Å². The lowest BCUT2D eigenvalue weighted by Crippen LogP contribution is -2.20. The van der Waals surface area contributed by atoms with Crippen molar-refractivity contribution in [2.75, 3.05) is 11.9 Å². The summed E-state index contributed by atoms with van der Waals surface area (Å²) in [6.07, 6.45) is 0. The number of rotatable bonds is 4. The summed E-state index contributed by atoms with van der Waals surface area (Å²) in [6, 6.07) is 14.1. The fraction of sp³-hybridized carbons (Fsp3) is 0.125. The van der Waals surface area contributed by atoms with Gasteiger partial charge in [-0.15, -0.1) is 0 Å². The minimum atomic E-state index is -0.293. The predicted molar refractivity (Wildman–Crippen MR) is 81.5 cm³/mol. The Morgan fingerprint density at radius 2 is 2.10 bits per heavy atom. The number of amides is 1. The van der Waals surface area contributed by atoms with E-state index in [4.69, 9.17) is 21.6 Å². The van der Waals surface area contributed by atoms with E-state index in [1.807, 2.05) is 31.2 Å².